The number of nitrogens with zero attached hydrogens (tertiary/aromatic N) is 1. The Morgan fingerprint density at radius 3 is 2.59 bits per heavy atom. The number of rotatable bonds is 6. The van der Waals surface area contributed by atoms with Crippen LogP contribution in [0.15, 0.2) is 71.6 Å². The Kier molecular flexibility index (Phi) is 5.02. The lowest BCUT2D eigenvalue weighted by molar-refractivity contribution is 0.174. The van der Waals surface area contributed by atoms with Gasteiger partial charge in [-0.15, -0.1) is 0 Å². The van der Waals surface area contributed by atoms with E-state index in [0.717, 1.165) is 10.4 Å². The summed E-state index contributed by atoms with van der Waals surface area (Å²) in [5.74, 6) is 0.737. The molecule has 0 unspecified atom stereocenters. The van der Waals surface area contributed by atoms with E-state index in [4.69, 9.17) is 14.2 Å². The van der Waals surface area contributed by atoms with Crippen LogP contribution < -0.4 is 18.5 Å². The van der Waals surface area contributed by atoms with E-state index in [1.165, 1.54) is 25.3 Å². The molecule has 1 aliphatic rings. The topological polar surface area (TPSA) is 65.1 Å². The maximum Gasteiger partial charge on any atom is 0.267 e. The summed E-state index contributed by atoms with van der Waals surface area (Å²) in [6.07, 6.45) is 0. The Bertz CT molecular complexity index is 1150. The highest BCUT2D eigenvalue weighted by Crippen LogP contribution is 2.38. The quantitative estimate of drug-likeness (QED) is 0.610. The minimum absolute atomic E-state index is 0.0203. The van der Waals surface area contributed by atoms with Crippen LogP contribution in [0.5, 0.6) is 17.2 Å². The lowest BCUT2D eigenvalue weighted by Gasteiger charge is -2.25. The van der Waals surface area contributed by atoms with E-state index in [1.54, 1.807) is 42.5 Å². The number of fused-ring (bicyclic) bond motifs is 1. The number of benzene rings is 3. The van der Waals surface area contributed by atoms with Gasteiger partial charge in [0.15, 0.2) is 11.5 Å². The van der Waals surface area contributed by atoms with Crippen molar-refractivity contribution < 1.29 is 27.0 Å². The van der Waals surface area contributed by atoms with Crippen molar-refractivity contribution in [1.29, 1.82) is 0 Å². The van der Waals surface area contributed by atoms with Crippen molar-refractivity contribution in [1.82, 2.24) is 0 Å². The fraction of sp³-hybridized carbons (Fsp3) is 0.143. The van der Waals surface area contributed by atoms with E-state index in [9.17, 15) is 12.8 Å². The van der Waals surface area contributed by atoms with Gasteiger partial charge in [0.05, 0.1) is 19.3 Å². The van der Waals surface area contributed by atoms with Crippen molar-refractivity contribution in [2.24, 2.45) is 0 Å². The van der Waals surface area contributed by atoms with E-state index < -0.39 is 20.7 Å². The molecule has 3 aromatic rings. The summed E-state index contributed by atoms with van der Waals surface area (Å²) in [6.45, 7) is 0.0439. The van der Waals surface area contributed by atoms with Gasteiger partial charge < -0.3 is 14.2 Å². The molecule has 1 heterocycles. The number of ether oxygens (including phenoxy) is 3. The van der Waals surface area contributed by atoms with Crippen LogP contribution in [0.2, 0.25) is 0 Å². The van der Waals surface area contributed by atoms with Crippen molar-refractivity contribution >= 4 is 15.7 Å². The summed E-state index contributed by atoms with van der Waals surface area (Å²) < 4.78 is 58.2. The Labute approximate surface area is 168 Å². The molecule has 0 aliphatic carbocycles. The molecule has 0 saturated carbocycles. The zero-order valence-electron chi connectivity index (χ0n) is 15.5. The predicted octanol–water partition coefficient (Wildman–Crippen LogP) is 3.96. The van der Waals surface area contributed by atoms with Crippen molar-refractivity contribution in [3.05, 3.63) is 78.1 Å². The lowest BCUT2D eigenvalue weighted by atomic mass is 10.2. The molecule has 0 radical (unpaired) electrons. The summed E-state index contributed by atoms with van der Waals surface area (Å²) in [6, 6.07) is 17.1. The number of methoxy groups -OCH3 is 1. The lowest BCUT2D eigenvalue weighted by Crippen LogP contribution is -2.31. The van der Waals surface area contributed by atoms with E-state index in [-0.39, 0.29) is 13.3 Å². The number of anilines is 1. The van der Waals surface area contributed by atoms with E-state index >= 15 is 0 Å². The molecule has 4 rings (SSSR count). The summed E-state index contributed by atoms with van der Waals surface area (Å²) in [4.78, 5) is -0.402. The molecule has 3 aromatic carbocycles. The number of hydrogen-bond donors (Lipinski definition) is 0. The van der Waals surface area contributed by atoms with Crippen LogP contribution in [-0.4, -0.2) is 22.3 Å². The smallest absolute Gasteiger partial charge is 0.267 e. The van der Waals surface area contributed by atoms with Gasteiger partial charge in [0.25, 0.3) is 10.0 Å². The number of sulfonamides is 1. The second kappa shape index (κ2) is 7.63. The Morgan fingerprint density at radius 2 is 1.79 bits per heavy atom. The van der Waals surface area contributed by atoms with Crippen LogP contribution in [0.1, 0.15) is 5.56 Å². The van der Waals surface area contributed by atoms with Crippen LogP contribution in [0, 0.1) is 5.82 Å². The zero-order valence-corrected chi connectivity index (χ0v) is 16.4. The first-order chi connectivity index (χ1) is 14.0. The summed E-state index contributed by atoms with van der Waals surface area (Å²) in [5, 5.41) is 0. The van der Waals surface area contributed by atoms with Crippen LogP contribution in [0.4, 0.5) is 10.1 Å². The Morgan fingerprint density at radius 1 is 1.00 bits per heavy atom. The minimum Gasteiger partial charge on any atom is -0.497 e. The molecule has 150 valence electrons. The van der Waals surface area contributed by atoms with Gasteiger partial charge in [-0.25, -0.2) is 12.8 Å². The molecule has 0 spiro atoms. The number of halogens is 1. The molecule has 0 aromatic heterocycles. The fourth-order valence-electron chi connectivity index (χ4n) is 3.06. The third kappa shape index (κ3) is 3.71. The first kappa shape index (κ1) is 19.1. The molecule has 6 nitrogen and oxygen atoms in total. The number of hydrogen-bond acceptors (Lipinski definition) is 5. The molecule has 1 aliphatic heterocycles. The van der Waals surface area contributed by atoms with Crippen molar-refractivity contribution in [3.63, 3.8) is 0 Å². The second-order valence-electron chi connectivity index (χ2n) is 6.33. The summed E-state index contributed by atoms with van der Waals surface area (Å²) >= 11 is 0. The minimum atomic E-state index is -4.20. The molecule has 0 amide bonds. The molecule has 0 bridgehead atoms. The second-order valence-corrected chi connectivity index (χ2v) is 8.16. The first-order valence-electron chi connectivity index (χ1n) is 8.79. The molecular formula is C21H18FNO5S. The average Bonchev–Trinajstić information content (AvgIpc) is 3.20. The van der Waals surface area contributed by atoms with Gasteiger partial charge in [-0.3, -0.25) is 4.31 Å². The van der Waals surface area contributed by atoms with Gasteiger partial charge in [-0.1, -0.05) is 24.3 Å². The van der Waals surface area contributed by atoms with Crippen molar-refractivity contribution in [3.8, 4) is 17.2 Å². The fourth-order valence-corrected chi connectivity index (χ4v) is 4.58. The van der Waals surface area contributed by atoms with Gasteiger partial charge in [0.1, 0.15) is 16.5 Å². The van der Waals surface area contributed by atoms with Gasteiger partial charge in [-0.2, -0.15) is 0 Å². The van der Waals surface area contributed by atoms with E-state index in [0.29, 0.717) is 28.5 Å². The molecule has 0 atom stereocenters. The Hall–Kier alpha value is -3.26. The van der Waals surface area contributed by atoms with Crippen LogP contribution in [0.25, 0.3) is 0 Å². The molecule has 0 saturated heterocycles. The Balaban J connectivity index is 1.81. The van der Waals surface area contributed by atoms with Gasteiger partial charge in [0.2, 0.25) is 6.79 Å². The van der Waals surface area contributed by atoms with E-state index in [1.807, 2.05) is 0 Å². The van der Waals surface area contributed by atoms with Gasteiger partial charge in [0, 0.05) is 6.07 Å². The molecule has 0 N–H and O–H groups in total. The van der Waals surface area contributed by atoms with Gasteiger partial charge >= 0.3 is 0 Å². The monoisotopic (exact) mass is 415 g/mol. The predicted molar refractivity (Wildman–Crippen MR) is 105 cm³/mol. The van der Waals surface area contributed by atoms with Crippen LogP contribution >= 0.6 is 0 Å². The highest BCUT2D eigenvalue weighted by molar-refractivity contribution is 7.92. The maximum atomic E-state index is 14.4. The standard InChI is InChI=1S/C21H18FNO5S/c1-26-17-6-4-5-15(11-17)13-23(16-9-10-19-20(12-16)28-14-27-19)29(24,25)21-8-3-2-7-18(21)22/h2-12H,13-14H2,1H3. The SMILES string of the molecule is COc1cccc(CN(c2ccc3c(c2)OCO3)S(=O)(=O)c2ccccc2F)c1. The maximum absolute atomic E-state index is 14.4. The van der Waals surface area contributed by atoms with Crippen LogP contribution in [-0.2, 0) is 16.6 Å². The average molecular weight is 415 g/mol. The molecule has 0 fully saturated rings. The van der Waals surface area contributed by atoms with Crippen molar-refractivity contribution in [2.75, 3.05) is 18.2 Å². The molecule has 8 heteroatoms. The molecule has 29 heavy (non-hydrogen) atoms. The highest BCUT2D eigenvalue weighted by Gasteiger charge is 2.29. The third-order valence-electron chi connectivity index (χ3n) is 4.51. The van der Waals surface area contributed by atoms with Crippen molar-refractivity contribution in [2.45, 2.75) is 11.4 Å². The summed E-state index contributed by atoms with van der Waals surface area (Å²) in [5.41, 5.74) is 1.02. The van der Waals surface area contributed by atoms with Gasteiger partial charge in [-0.05, 0) is 42.0 Å². The largest absolute Gasteiger partial charge is 0.497 e. The normalized spacial score (nSPS) is 12.6. The first-order valence-corrected chi connectivity index (χ1v) is 10.2. The third-order valence-corrected chi connectivity index (χ3v) is 6.32. The van der Waals surface area contributed by atoms with E-state index in [2.05, 4.69) is 0 Å². The highest BCUT2D eigenvalue weighted by atomic mass is 32.2. The molecular weight excluding hydrogens is 397 g/mol. The zero-order chi connectivity index (χ0) is 20.4. The van der Waals surface area contributed by atoms with Crippen LogP contribution in [0.3, 0.4) is 0 Å². The summed E-state index contributed by atoms with van der Waals surface area (Å²) in [7, 11) is -2.67.